The number of hydrogen-bond donors (Lipinski definition) is 1. The Kier molecular flexibility index (Phi) is 7.13. The van der Waals surface area contributed by atoms with Gasteiger partial charge in [-0.25, -0.2) is 13.2 Å². The molecule has 1 heterocycles. The molecule has 0 aromatic heterocycles. The van der Waals surface area contributed by atoms with Crippen molar-refractivity contribution in [2.24, 2.45) is 0 Å². The molecule has 0 radical (unpaired) electrons. The summed E-state index contributed by atoms with van der Waals surface area (Å²) in [5.74, 6) is -0.388. The first kappa shape index (κ1) is 22.6. The Morgan fingerprint density at radius 1 is 1.10 bits per heavy atom. The summed E-state index contributed by atoms with van der Waals surface area (Å²) in [5.41, 5.74) is 0.278. The maximum absolute atomic E-state index is 12.6. The van der Waals surface area contributed by atoms with E-state index in [0.717, 1.165) is 0 Å². The van der Waals surface area contributed by atoms with Crippen molar-refractivity contribution in [2.75, 3.05) is 31.6 Å². The van der Waals surface area contributed by atoms with Crippen LogP contribution in [0.4, 0.5) is 5.69 Å². The fraction of sp³-hybridized carbons (Fsp3) is 0.333. The average molecular weight is 448 g/mol. The van der Waals surface area contributed by atoms with Gasteiger partial charge >= 0.3 is 5.97 Å². The van der Waals surface area contributed by atoms with Gasteiger partial charge in [-0.05, 0) is 30.3 Å². The molecular weight excluding hydrogens is 424 g/mol. The van der Waals surface area contributed by atoms with Crippen LogP contribution in [0.25, 0.3) is 0 Å². The average Bonchev–Trinajstić information content (AvgIpc) is 2.78. The minimum Gasteiger partial charge on any atom is -0.485 e. The third kappa shape index (κ3) is 5.33. The van der Waals surface area contributed by atoms with Gasteiger partial charge in [0.05, 0.1) is 4.90 Å². The SMILES string of the molecule is CCN(CC)S(=O)(=O)c1cccc(NC(=O)COC(=O)[C@@H]2COc3ccccc3O2)c1. The van der Waals surface area contributed by atoms with E-state index >= 15 is 0 Å². The van der Waals surface area contributed by atoms with E-state index in [1.54, 1.807) is 44.2 Å². The van der Waals surface area contributed by atoms with Crippen molar-refractivity contribution in [3.63, 3.8) is 0 Å². The molecular formula is C21H24N2O7S. The summed E-state index contributed by atoms with van der Waals surface area (Å²) in [6, 6.07) is 12.8. The zero-order valence-electron chi connectivity index (χ0n) is 17.2. The number of rotatable bonds is 8. The van der Waals surface area contributed by atoms with Crippen LogP contribution in [-0.4, -0.2) is 57.0 Å². The number of nitrogens with one attached hydrogen (secondary N) is 1. The number of amides is 1. The lowest BCUT2D eigenvalue weighted by molar-refractivity contribution is -0.156. The first-order chi connectivity index (χ1) is 14.8. The van der Waals surface area contributed by atoms with Crippen molar-refractivity contribution < 1.29 is 32.2 Å². The molecule has 1 aliphatic heterocycles. The Hall–Kier alpha value is -3.11. The van der Waals surface area contributed by atoms with Gasteiger partial charge in [-0.1, -0.05) is 32.0 Å². The second kappa shape index (κ2) is 9.80. The predicted octanol–water partition coefficient (Wildman–Crippen LogP) is 2.04. The van der Waals surface area contributed by atoms with Gasteiger partial charge in [0.25, 0.3) is 5.91 Å². The van der Waals surface area contributed by atoms with Gasteiger partial charge in [-0.3, -0.25) is 4.79 Å². The van der Waals surface area contributed by atoms with Crippen molar-refractivity contribution in [1.29, 1.82) is 0 Å². The number of esters is 1. The summed E-state index contributed by atoms with van der Waals surface area (Å²) < 4.78 is 42.6. The zero-order chi connectivity index (χ0) is 22.4. The molecule has 1 atom stereocenters. The largest absolute Gasteiger partial charge is 0.485 e. The lowest BCUT2D eigenvalue weighted by atomic mass is 10.2. The molecule has 1 N–H and O–H groups in total. The molecule has 3 rings (SSSR count). The molecule has 31 heavy (non-hydrogen) atoms. The monoisotopic (exact) mass is 448 g/mol. The Morgan fingerprint density at radius 3 is 2.52 bits per heavy atom. The molecule has 9 nitrogen and oxygen atoms in total. The maximum Gasteiger partial charge on any atom is 0.351 e. The molecule has 166 valence electrons. The third-order valence-electron chi connectivity index (χ3n) is 4.58. The summed E-state index contributed by atoms with van der Waals surface area (Å²) in [4.78, 5) is 24.5. The number of nitrogens with zero attached hydrogens (tertiary/aromatic N) is 1. The van der Waals surface area contributed by atoms with Crippen molar-refractivity contribution in [1.82, 2.24) is 4.31 Å². The van der Waals surface area contributed by atoms with Crippen LogP contribution in [-0.2, 0) is 24.3 Å². The van der Waals surface area contributed by atoms with Gasteiger partial charge in [0.15, 0.2) is 18.1 Å². The van der Waals surface area contributed by atoms with Crippen LogP contribution in [0.15, 0.2) is 53.4 Å². The molecule has 0 unspecified atom stereocenters. The first-order valence-electron chi connectivity index (χ1n) is 9.80. The number of fused-ring (bicyclic) bond motifs is 1. The number of para-hydroxylation sites is 2. The number of anilines is 1. The Labute approximate surface area is 181 Å². The molecule has 0 spiro atoms. The third-order valence-corrected chi connectivity index (χ3v) is 6.62. The van der Waals surface area contributed by atoms with Gasteiger partial charge in [0.1, 0.15) is 6.61 Å². The Bertz CT molecular complexity index is 1050. The van der Waals surface area contributed by atoms with Gasteiger partial charge in [0.2, 0.25) is 16.1 Å². The lowest BCUT2D eigenvalue weighted by Crippen LogP contribution is -2.39. The van der Waals surface area contributed by atoms with E-state index in [0.29, 0.717) is 24.6 Å². The Morgan fingerprint density at radius 2 is 1.81 bits per heavy atom. The van der Waals surface area contributed by atoms with E-state index in [4.69, 9.17) is 14.2 Å². The van der Waals surface area contributed by atoms with Crippen molar-refractivity contribution >= 4 is 27.6 Å². The van der Waals surface area contributed by atoms with Crippen LogP contribution in [0.3, 0.4) is 0 Å². The molecule has 1 aliphatic rings. The molecule has 10 heteroatoms. The summed E-state index contributed by atoms with van der Waals surface area (Å²) in [5, 5.41) is 2.53. The summed E-state index contributed by atoms with van der Waals surface area (Å²) in [6.45, 7) is 3.60. The summed E-state index contributed by atoms with van der Waals surface area (Å²) in [6.07, 6.45) is -0.981. The number of carbonyl (C=O) groups is 2. The van der Waals surface area contributed by atoms with Gasteiger partial charge in [-0.15, -0.1) is 0 Å². The number of sulfonamides is 1. The van der Waals surface area contributed by atoms with E-state index in [-0.39, 0.29) is 17.2 Å². The van der Waals surface area contributed by atoms with Crippen molar-refractivity contribution in [3.8, 4) is 11.5 Å². The summed E-state index contributed by atoms with van der Waals surface area (Å²) in [7, 11) is -3.66. The minimum atomic E-state index is -3.66. The van der Waals surface area contributed by atoms with Crippen molar-refractivity contribution in [3.05, 3.63) is 48.5 Å². The highest BCUT2D eigenvalue weighted by Crippen LogP contribution is 2.31. The fourth-order valence-electron chi connectivity index (χ4n) is 3.01. The van der Waals surface area contributed by atoms with Crippen molar-refractivity contribution in [2.45, 2.75) is 24.8 Å². The molecule has 0 fully saturated rings. The van der Waals surface area contributed by atoms with Crippen LogP contribution in [0.5, 0.6) is 11.5 Å². The van der Waals surface area contributed by atoms with Crippen LogP contribution >= 0.6 is 0 Å². The molecule has 2 aromatic rings. The highest BCUT2D eigenvalue weighted by molar-refractivity contribution is 7.89. The molecule has 0 saturated carbocycles. The number of benzene rings is 2. The van der Waals surface area contributed by atoms with E-state index in [2.05, 4.69) is 5.32 Å². The second-order valence-electron chi connectivity index (χ2n) is 6.64. The predicted molar refractivity (Wildman–Crippen MR) is 112 cm³/mol. The van der Waals surface area contributed by atoms with Gasteiger partial charge in [-0.2, -0.15) is 4.31 Å². The number of hydrogen-bond acceptors (Lipinski definition) is 7. The topological polar surface area (TPSA) is 111 Å². The molecule has 0 bridgehead atoms. The normalized spacial score (nSPS) is 15.4. The quantitative estimate of drug-likeness (QED) is 0.615. The molecule has 0 saturated heterocycles. The molecule has 2 aromatic carbocycles. The summed E-state index contributed by atoms with van der Waals surface area (Å²) >= 11 is 0. The number of carbonyl (C=O) groups excluding carboxylic acids is 2. The van der Waals surface area contributed by atoms with Crippen LogP contribution in [0.1, 0.15) is 13.8 Å². The highest BCUT2D eigenvalue weighted by atomic mass is 32.2. The van der Waals surface area contributed by atoms with Crippen LogP contribution in [0.2, 0.25) is 0 Å². The Balaban J connectivity index is 1.56. The van der Waals surface area contributed by atoms with Gasteiger partial charge < -0.3 is 19.5 Å². The fourth-order valence-corrected chi connectivity index (χ4v) is 4.51. The zero-order valence-corrected chi connectivity index (χ0v) is 18.1. The standard InChI is InChI=1S/C21H24N2O7S/c1-3-23(4-2)31(26,27)16-9-7-8-15(12-16)22-20(24)14-29-21(25)19-13-28-17-10-5-6-11-18(17)30-19/h5-12,19H,3-4,13-14H2,1-2H3,(H,22,24)/t19-/m0/s1. The minimum absolute atomic E-state index is 0.0251. The van der Waals surface area contributed by atoms with E-state index in [9.17, 15) is 18.0 Å². The van der Waals surface area contributed by atoms with Gasteiger partial charge in [0, 0.05) is 18.8 Å². The molecule has 0 aliphatic carbocycles. The smallest absolute Gasteiger partial charge is 0.351 e. The lowest BCUT2D eigenvalue weighted by Gasteiger charge is -2.24. The first-order valence-corrected chi connectivity index (χ1v) is 11.2. The number of ether oxygens (including phenoxy) is 3. The van der Waals surface area contributed by atoms with Crippen LogP contribution in [0, 0.1) is 0 Å². The van der Waals surface area contributed by atoms with E-state index in [1.807, 2.05) is 0 Å². The highest BCUT2D eigenvalue weighted by Gasteiger charge is 2.29. The second-order valence-corrected chi connectivity index (χ2v) is 8.58. The van der Waals surface area contributed by atoms with E-state index in [1.165, 1.54) is 22.5 Å². The van der Waals surface area contributed by atoms with Crippen LogP contribution < -0.4 is 14.8 Å². The maximum atomic E-state index is 12.6. The molecule has 1 amide bonds. The van der Waals surface area contributed by atoms with E-state index < -0.39 is 34.6 Å².